The summed E-state index contributed by atoms with van der Waals surface area (Å²) in [6, 6.07) is 15.9. The molecule has 1 unspecified atom stereocenters. The van der Waals surface area contributed by atoms with E-state index in [1.165, 1.54) is 9.87 Å². The minimum absolute atomic E-state index is 0.467. The van der Waals surface area contributed by atoms with Crippen molar-refractivity contribution in [3.05, 3.63) is 54.1 Å². The molecule has 0 aliphatic carbocycles. The third-order valence-electron chi connectivity index (χ3n) is 3.31. The van der Waals surface area contributed by atoms with Gasteiger partial charge >= 0.3 is 0 Å². The third kappa shape index (κ3) is 3.77. The van der Waals surface area contributed by atoms with E-state index >= 15 is 0 Å². The van der Waals surface area contributed by atoms with Crippen molar-refractivity contribution >= 4 is 32.9 Å². The summed E-state index contributed by atoms with van der Waals surface area (Å²) in [5, 5.41) is 0.809. The monoisotopic (exact) mass is 381 g/mol. The zero-order valence-corrected chi connectivity index (χ0v) is 15.3. The van der Waals surface area contributed by atoms with Gasteiger partial charge < -0.3 is 0 Å². The van der Waals surface area contributed by atoms with Crippen molar-refractivity contribution in [3.63, 3.8) is 0 Å². The molecule has 118 valence electrons. The minimum atomic E-state index is -2.09. The molecule has 0 amide bonds. The number of para-hydroxylation sites is 1. The van der Waals surface area contributed by atoms with Crippen molar-refractivity contribution in [3.8, 4) is 11.1 Å². The second-order valence-corrected chi connectivity index (χ2v) is 7.43. The van der Waals surface area contributed by atoms with Crippen molar-refractivity contribution in [1.82, 2.24) is 0 Å². The fourth-order valence-corrected chi connectivity index (χ4v) is 3.52. The average molecular weight is 382 g/mol. The van der Waals surface area contributed by atoms with Crippen molar-refractivity contribution in [1.29, 1.82) is 0 Å². The van der Waals surface area contributed by atoms with E-state index in [2.05, 4.69) is 28.1 Å². The number of anilines is 1. The standard InChI is InChI=1S/C17H20BrNO2S/c1-17(2,3)19(22(20)21)16-7-5-4-6-15(16)14-10-8-13(12-18)9-11-14/h4-11H,12H2,1-3H3,(H,20,21). The number of benzene rings is 2. The summed E-state index contributed by atoms with van der Waals surface area (Å²) in [6.07, 6.45) is 0. The molecule has 0 saturated carbocycles. The van der Waals surface area contributed by atoms with E-state index in [4.69, 9.17) is 0 Å². The van der Waals surface area contributed by atoms with E-state index in [-0.39, 0.29) is 0 Å². The summed E-state index contributed by atoms with van der Waals surface area (Å²) in [7, 11) is 0. The Labute approximate surface area is 142 Å². The van der Waals surface area contributed by atoms with Crippen LogP contribution in [0.4, 0.5) is 5.69 Å². The molecule has 0 aromatic heterocycles. The van der Waals surface area contributed by atoms with E-state index in [1.54, 1.807) is 0 Å². The van der Waals surface area contributed by atoms with Gasteiger partial charge in [0, 0.05) is 16.4 Å². The molecule has 0 aliphatic rings. The molecule has 0 bridgehead atoms. The highest BCUT2D eigenvalue weighted by Gasteiger charge is 2.28. The highest BCUT2D eigenvalue weighted by Crippen LogP contribution is 2.35. The Hall–Kier alpha value is -1.17. The quantitative estimate of drug-likeness (QED) is 0.598. The molecule has 2 rings (SSSR count). The second kappa shape index (κ2) is 6.94. The first-order valence-corrected chi connectivity index (χ1v) is 9.18. The Morgan fingerprint density at radius 1 is 1.09 bits per heavy atom. The summed E-state index contributed by atoms with van der Waals surface area (Å²) in [4.78, 5) is 0. The maximum Gasteiger partial charge on any atom is 0.262 e. The van der Waals surface area contributed by atoms with Gasteiger partial charge in [-0.25, -0.2) is 4.21 Å². The molecule has 22 heavy (non-hydrogen) atoms. The summed E-state index contributed by atoms with van der Waals surface area (Å²) in [6.45, 7) is 5.77. The maximum atomic E-state index is 11.9. The van der Waals surface area contributed by atoms with Crippen LogP contribution in [0.15, 0.2) is 48.5 Å². The highest BCUT2D eigenvalue weighted by molar-refractivity contribution is 9.08. The Kier molecular flexibility index (Phi) is 5.42. The number of nitrogens with zero attached hydrogens (tertiary/aromatic N) is 1. The van der Waals surface area contributed by atoms with Crippen LogP contribution in [0.5, 0.6) is 0 Å². The molecule has 0 radical (unpaired) electrons. The lowest BCUT2D eigenvalue weighted by atomic mass is 10.0. The summed E-state index contributed by atoms with van der Waals surface area (Å²) in [5.41, 5.74) is 3.45. The van der Waals surface area contributed by atoms with Crippen LogP contribution in [0.1, 0.15) is 26.3 Å². The van der Waals surface area contributed by atoms with Crippen LogP contribution >= 0.6 is 15.9 Å². The molecule has 1 atom stereocenters. The molecule has 2 aromatic carbocycles. The van der Waals surface area contributed by atoms with E-state index in [9.17, 15) is 8.76 Å². The SMILES string of the molecule is CC(C)(C)N(c1ccccc1-c1ccc(CBr)cc1)S(=O)O. The summed E-state index contributed by atoms with van der Waals surface area (Å²) >= 11 is 1.35. The molecule has 0 saturated heterocycles. The van der Waals surface area contributed by atoms with Crippen molar-refractivity contribution in [2.24, 2.45) is 0 Å². The number of halogens is 1. The van der Waals surface area contributed by atoms with Crippen LogP contribution < -0.4 is 4.31 Å². The average Bonchev–Trinajstić information content (AvgIpc) is 2.46. The Morgan fingerprint density at radius 2 is 1.68 bits per heavy atom. The lowest BCUT2D eigenvalue weighted by molar-refractivity contribution is 0.515. The van der Waals surface area contributed by atoms with Gasteiger partial charge in [0.2, 0.25) is 0 Å². The normalized spacial score (nSPS) is 13.0. The summed E-state index contributed by atoms with van der Waals surface area (Å²) < 4.78 is 23.1. The highest BCUT2D eigenvalue weighted by atomic mass is 79.9. The smallest absolute Gasteiger partial charge is 0.262 e. The third-order valence-corrected chi connectivity index (χ3v) is 5.01. The Morgan fingerprint density at radius 3 is 2.18 bits per heavy atom. The molecule has 2 aromatic rings. The minimum Gasteiger partial charge on any atom is -0.289 e. The van der Waals surface area contributed by atoms with Crippen molar-refractivity contribution in [2.45, 2.75) is 31.6 Å². The largest absolute Gasteiger partial charge is 0.289 e. The number of hydrogen-bond acceptors (Lipinski definition) is 1. The molecule has 5 heteroatoms. The van der Waals surface area contributed by atoms with E-state index in [0.29, 0.717) is 0 Å². The number of hydrogen-bond donors (Lipinski definition) is 1. The predicted octanol–water partition coefficient (Wildman–Crippen LogP) is 4.99. The molecule has 0 fully saturated rings. The van der Waals surface area contributed by atoms with Gasteiger partial charge in [-0.2, -0.15) is 0 Å². The number of alkyl halides is 1. The Balaban J connectivity index is 2.56. The van der Waals surface area contributed by atoms with Crippen LogP contribution in [0, 0.1) is 0 Å². The van der Waals surface area contributed by atoms with Gasteiger partial charge in [-0.05, 0) is 38.0 Å². The van der Waals surface area contributed by atoms with Crippen LogP contribution in [0.2, 0.25) is 0 Å². The van der Waals surface area contributed by atoms with Gasteiger partial charge in [0.25, 0.3) is 11.3 Å². The first kappa shape index (κ1) is 17.2. The van der Waals surface area contributed by atoms with Crippen LogP contribution in [0.3, 0.4) is 0 Å². The first-order chi connectivity index (χ1) is 10.3. The molecule has 0 aliphatic heterocycles. The fourth-order valence-electron chi connectivity index (χ4n) is 2.35. The van der Waals surface area contributed by atoms with Crippen LogP contribution in [0.25, 0.3) is 11.1 Å². The fraction of sp³-hybridized carbons (Fsp3) is 0.294. The van der Waals surface area contributed by atoms with Gasteiger partial charge in [-0.1, -0.05) is 58.4 Å². The van der Waals surface area contributed by atoms with Crippen molar-refractivity contribution < 1.29 is 8.76 Å². The second-order valence-electron chi connectivity index (χ2n) is 6.04. The molecule has 0 spiro atoms. The summed E-state index contributed by atoms with van der Waals surface area (Å²) in [5.74, 6) is 0. The zero-order chi connectivity index (χ0) is 16.3. The van der Waals surface area contributed by atoms with Gasteiger partial charge in [-0.3, -0.25) is 8.86 Å². The molecule has 1 N–H and O–H groups in total. The van der Waals surface area contributed by atoms with E-state index < -0.39 is 16.8 Å². The maximum absolute atomic E-state index is 11.9. The van der Waals surface area contributed by atoms with Gasteiger partial charge in [-0.15, -0.1) is 0 Å². The zero-order valence-electron chi connectivity index (χ0n) is 12.9. The van der Waals surface area contributed by atoms with E-state index in [1.807, 2.05) is 57.2 Å². The molecule has 0 heterocycles. The van der Waals surface area contributed by atoms with Gasteiger partial charge in [0.15, 0.2) is 0 Å². The van der Waals surface area contributed by atoms with Gasteiger partial charge in [0.1, 0.15) is 0 Å². The lowest BCUT2D eigenvalue weighted by Crippen LogP contribution is -2.42. The molecule has 3 nitrogen and oxygen atoms in total. The predicted molar refractivity (Wildman–Crippen MR) is 97.5 cm³/mol. The first-order valence-electron chi connectivity index (χ1n) is 7.00. The van der Waals surface area contributed by atoms with Crippen molar-refractivity contribution in [2.75, 3.05) is 4.31 Å². The lowest BCUT2D eigenvalue weighted by Gasteiger charge is -2.35. The molecular weight excluding hydrogens is 362 g/mol. The molecular formula is C17H20BrNO2S. The van der Waals surface area contributed by atoms with Crippen LogP contribution in [-0.2, 0) is 16.6 Å². The Bertz CT molecular complexity index is 665. The number of rotatable bonds is 4. The van der Waals surface area contributed by atoms with Crippen LogP contribution in [-0.4, -0.2) is 14.3 Å². The van der Waals surface area contributed by atoms with Gasteiger partial charge in [0.05, 0.1) is 5.69 Å². The topological polar surface area (TPSA) is 40.5 Å². The van der Waals surface area contributed by atoms with E-state index in [0.717, 1.165) is 22.1 Å².